The van der Waals surface area contributed by atoms with Crippen LogP contribution in [0.5, 0.6) is 0 Å². The van der Waals surface area contributed by atoms with Crippen LogP contribution in [0.1, 0.15) is 24.8 Å². The first kappa shape index (κ1) is 9.85. The largest absolute Gasteiger partial charge is 0.384 e. The van der Waals surface area contributed by atoms with E-state index >= 15 is 0 Å². The molecule has 76 valence electrons. The zero-order chi connectivity index (χ0) is 9.97. The lowest BCUT2D eigenvalue weighted by atomic mass is 9.85. The maximum absolute atomic E-state index is 6.11. The number of aryl methyl sites for hydroxylation is 1. The second-order valence-electron chi connectivity index (χ2n) is 4.16. The average Bonchev–Trinajstić information content (AvgIpc) is 2.05. The van der Waals surface area contributed by atoms with Crippen molar-refractivity contribution in [3.8, 4) is 0 Å². The Kier molecular flexibility index (Phi) is 2.97. The first-order chi connectivity index (χ1) is 6.75. The molecular weight excluding hydrogens is 194 g/mol. The number of anilines is 1. The van der Waals surface area contributed by atoms with Gasteiger partial charge in [-0.2, -0.15) is 0 Å². The third-order valence-corrected chi connectivity index (χ3v) is 3.24. The SMILES string of the molecule is Cc1ccc(NCC2CCC2)c(Cl)c1. The van der Waals surface area contributed by atoms with Gasteiger partial charge in [0.25, 0.3) is 0 Å². The predicted molar refractivity (Wildman–Crippen MR) is 62.0 cm³/mol. The second kappa shape index (κ2) is 4.22. The van der Waals surface area contributed by atoms with Crippen LogP contribution in [0, 0.1) is 12.8 Å². The number of hydrogen-bond donors (Lipinski definition) is 1. The predicted octanol–water partition coefficient (Wildman–Crippen LogP) is 3.86. The quantitative estimate of drug-likeness (QED) is 0.797. The van der Waals surface area contributed by atoms with Gasteiger partial charge in [0.15, 0.2) is 0 Å². The van der Waals surface area contributed by atoms with E-state index in [4.69, 9.17) is 11.6 Å². The molecule has 0 aromatic heterocycles. The van der Waals surface area contributed by atoms with Crippen molar-refractivity contribution in [2.24, 2.45) is 5.92 Å². The molecule has 1 aromatic carbocycles. The van der Waals surface area contributed by atoms with E-state index < -0.39 is 0 Å². The summed E-state index contributed by atoms with van der Waals surface area (Å²) in [4.78, 5) is 0. The van der Waals surface area contributed by atoms with Gasteiger partial charge >= 0.3 is 0 Å². The number of benzene rings is 1. The monoisotopic (exact) mass is 209 g/mol. The van der Waals surface area contributed by atoms with Gasteiger partial charge in [0.05, 0.1) is 10.7 Å². The Morgan fingerprint density at radius 3 is 2.79 bits per heavy atom. The molecule has 1 aliphatic carbocycles. The fraction of sp³-hybridized carbons (Fsp3) is 0.500. The van der Waals surface area contributed by atoms with Crippen LogP contribution in [0.15, 0.2) is 18.2 Å². The molecule has 2 heteroatoms. The summed E-state index contributed by atoms with van der Waals surface area (Å²) in [5.74, 6) is 0.868. The molecule has 0 unspecified atom stereocenters. The Morgan fingerprint density at radius 2 is 2.21 bits per heavy atom. The molecule has 1 saturated carbocycles. The summed E-state index contributed by atoms with van der Waals surface area (Å²) in [5, 5.41) is 4.25. The fourth-order valence-electron chi connectivity index (χ4n) is 1.71. The van der Waals surface area contributed by atoms with Crippen molar-refractivity contribution in [2.45, 2.75) is 26.2 Å². The van der Waals surface area contributed by atoms with E-state index in [0.29, 0.717) is 0 Å². The summed E-state index contributed by atoms with van der Waals surface area (Å²) in [6.45, 7) is 3.13. The minimum absolute atomic E-state index is 0.837. The van der Waals surface area contributed by atoms with Crippen molar-refractivity contribution in [2.75, 3.05) is 11.9 Å². The van der Waals surface area contributed by atoms with E-state index in [0.717, 1.165) is 23.2 Å². The Labute approximate surface area is 90.5 Å². The minimum Gasteiger partial charge on any atom is -0.384 e. The number of nitrogens with one attached hydrogen (secondary N) is 1. The van der Waals surface area contributed by atoms with Gasteiger partial charge in [-0.15, -0.1) is 0 Å². The second-order valence-corrected chi connectivity index (χ2v) is 4.57. The molecule has 0 atom stereocenters. The molecule has 1 fully saturated rings. The summed E-state index contributed by atoms with van der Waals surface area (Å²) in [6.07, 6.45) is 4.14. The molecule has 1 aromatic rings. The molecule has 0 saturated heterocycles. The van der Waals surface area contributed by atoms with E-state index in [1.165, 1.54) is 24.8 Å². The molecule has 0 amide bonds. The van der Waals surface area contributed by atoms with Gasteiger partial charge in [-0.05, 0) is 43.4 Å². The Bertz CT molecular complexity index is 318. The van der Waals surface area contributed by atoms with Gasteiger partial charge in [-0.3, -0.25) is 0 Å². The van der Waals surface area contributed by atoms with Crippen LogP contribution in [0.3, 0.4) is 0 Å². The van der Waals surface area contributed by atoms with Crippen molar-refractivity contribution in [3.05, 3.63) is 28.8 Å². The molecule has 0 heterocycles. The lowest BCUT2D eigenvalue weighted by Gasteiger charge is -2.26. The summed E-state index contributed by atoms with van der Waals surface area (Å²) in [6, 6.07) is 6.16. The van der Waals surface area contributed by atoms with E-state index in [1.54, 1.807) is 0 Å². The Hall–Kier alpha value is -0.690. The molecule has 14 heavy (non-hydrogen) atoms. The highest BCUT2D eigenvalue weighted by Gasteiger charge is 2.16. The van der Waals surface area contributed by atoms with Crippen LogP contribution < -0.4 is 5.32 Å². The molecule has 0 aliphatic heterocycles. The lowest BCUT2D eigenvalue weighted by Crippen LogP contribution is -2.20. The maximum atomic E-state index is 6.11. The van der Waals surface area contributed by atoms with Crippen molar-refractivity contribution >= 4 is 17.3 Å². The minimum atomic E-state index is 0.837. The fourth-order valence-corrected chi connectivity index (χ4v) is 2.02. The van der Waals surface area contributed by atoms with Crippen LogP contribution >= 0.6 is 11.6 Å². The number of rotatable bonds is 3. The van der Waals surface area contributed by atoms with Gasteiger partial charge in [0.2, 0.25) is 0 Å². The molecule has 2 rings (SSSR count). The zero-order valence-electron chi connectivity index (χ0n) is 8.52. The topological polar surface area (TPSA) is 12.0 Å². The van der Waals surface area contributed by atoms with Crippen molar-refractivity contribution in [1.29, 1.82) is 0 Å². The van der Waals surface area contributed by atoms with Gasteiger partial charge in [-0.1, -0.05) is 24.1 Å². The Balaban J connectivity index is 1.94. The third-order valence-electron chi connectivity index (χ3n) is 2.93. The van der Waals surface area contributed by atoms with Gasteiger partial charge in [0, 0.05) is 6.54 Å². The van der Waals surface area contributed by atoms with E-state index in [-0.39, 0.29) is 0 Å². The number of halogens is 1. The molecule has 0 radical (unpaired) electrons. The van der Waals surface area contributed by atoms with E-state index in [9.17, 15) is 0 Å². The highest BCUT2D eigenvalue weighted by Crippen LogP contribution is 2.28. The van der Waals surface area contributed by atoms with Gasteiger partial charge in [0.1, 0.15) is 0 Å². The molecule has 1 nitrogen and oxygen atoms in total. The van der Waals surface area contributed by atoms with Crippen LogP contribution in [-0.4, -0.2) is 6.54 Å². The van der Waals surface area contributed by atoms with E-state index in [1.807, 2.05) is 6.07 Å². The third kappa shape index (κ3) is 2.21. The molecule has 0 spiro atoms. The zero-order valence-corrected chi connectivity index (χ0v) is 9.27. The van der Waals surface area contributed by atoms with E-state index in [2.05, 4.69) is 24.4 Å². The number of hydrogen-bond acceptors (Lipinski definition) is 1. The molecule has 0 bridgehead atoms. The summed E-state index contributed by atoms with van der Waals surface area (Å²) >= 11 is 6.11. The van der Waals surface area contributed by atoms with Gasteiger partial charge in [-0.25, -0.2) is 0 Å². The van der Waals surface area contributed by atoms with Crippen molar-refractivity contribution in [3.63, 3.8) is 0 Å². The Morgan fingerprint density at radius 1 is 1.43 bits per heavy atom. The molecular formula is C12H16ClN. The maximum Gasteiger partial charge on any atom is 0.0640 e. The molecule has 1 N–H and O–H groups in total. The van der Waals surface area contributed by atoms with Crippen molar-refractivity contribution < 1.29 is 0 Å². The molecule has 1 aliphatic rings. The highest BCUT2D eigenvalue weighted by molar-refractivity contribution is 6.33. The average molecular weight is 210 g/mol. The summed E-state index contributed by atoms with van der Waals surface area (Å²) in [7, 11) is 0. The van der Waals surface area contributed by atoms with Crippen LogP contribution in [0.25, 0.3) is 0 Å². The lowest BCUT2D eigenvalue weighted by molar-refractivity contribution is 0.333. The van der Waals surface area contributed by atoms with Gasteiger partial charge < -0.3 is 5.32 Å². The van der Waals surface area contributed by atoms with Crippen LogP contribution in [0.4, 0.5) is 5.69 Å². The van der Waals surface area contributed by atoms with Crippen LogP contribution in [0.2, 0.25) is 5.02 Å². The van der Waals surface area contributed by atoms with Crippen LogP contribution in [-0.2, 0) is 0 Å². The summed E-state index contributed by atoms with van der Waals surface area (Å²) in [5.41, 5.74) is 2.29. The van der Waals surface area contributed by atoms with Crippen molar-refractivity contribution in [1.82, 2.24) is 0 Å². The normalized spacial score (nSPS) is 16.4. The first-order valence-electron chi connectivity index (χ1n) is 5.26. The standard InChI is InChI=1S/C12H16ClN/c1-9-5-6-12(11(13)7-9)14-8-10-3-2-4-10/h5-7,10,14H,2-4,8H2,1H3. The smallest absolute Gasteiger partial charge is 0.0640 e. The highest BCUT2D eigenvalue weighted by atomic mass is 35.5. The summed E-state index contributed by atoms with van der Waals surface area (Å²) < 4.78 is 0. The first-order valence-corrected chi connectivity index (χ1v) is 5.63.